The van der Waals surface area contributed by atoms with Crippen LogP contribution in [-0.2, 0) is 4.79 Å². The highest BCUT2D eigenvalue weighted by Crippen LogP contribution is 2.28. The van der Waals surface area contributed by atoms with Crippen molar-refractivity contribution in [1.82, 2.24) is 4.90 Å². The van der Waals surface area contributed by atoms with Crippen molar-refractivity contribution in [2.45, 2.75) is 24.8 Å². The first-order valence-corrected chi connectivity index (χ1v) is 5.75. The van der Waals surface area contributed by atoms with Crippen LogP contribution in [-0.4, -0.2) is 30.4 Å². The van der Waals surface area contributed by atoms with Crippen LogP contribution < -0.4 is 5.73 Å². The summed E-state index contributed by atoms with van der Waals surface area (Å²) >= 11 is 0. The first-order chi connectivity index (χ1) is 7.74. The Morgan fingerprint density at radius 1 is 1.41 bits per heavy atom. The number of carbonyl (C=O) groups is 1. The van der Waals surface area contributed by atoms with Gasteiger partial charge in [0.1, 0.15) is 0 Å². The Bertz CT molecular complexity index is 365. The number of likely N-dealkylation sites (N-methyl/N-ethyl adjacent to an activating group) is 1. The molecule has 2 N–H and O–H groups in total. The van der Waals surface area contributed by atoms with E-state index in [-0.39, 0.29) is 24.2 Å². The summed E-state index contributed by atoms with van der Waals surface area (Å²) in [4.78, 5) is 14.1. The summed E-state index contributed by atoms with van der Waals surface area (Å²) in [5.41, 5.74) is 6.73. The van der Waals surface area contributed by atoms with Crippen molar-refractivity contribution in [2.24, 2.45) is 5.73 Å². The molecule has 1 aromatic rings. The van der Waals surface area contributed by atoms with Crippen LogP contribution in [0.1, 0.15) is 24.3 Å². The number of hydrogen-bond donors (Lipinski definition) is 1. The fourth-order valence-electron chi connectivity index (χ4n) is 1.95. The summed E-state index contributed by atoms with van der Waals surface area (Å²) in [6.07, 6.45) is 2.27. The predicted molar refractivity (Wildman–Crippen MR) is 71.3 cm³/mol. The fourth-order valence-corrected chi connectivity index (χ4v) is 1.95. The third-order valence-electron chi connectivity index (χ3n) is 3.18. The second kappa shape index (κ2) is 6.03. The minimum Gasteiger partial charge on any atom is -0.342 e. The minimum atomic E-state index is -0.188. The third-order valence-corrected chi connectivity index (χ3v) is 3.18. The molecule has 94 valence electrons. The van der Waals surface area contributed by atoms with Gasteiger partial charge < -0.3 is 10.6 Å². The maximum atomic E-state index is 12.2. The van der Waals surface area contributed by atoms with Crippen LogP contribution in [0.5, 0.6) is 0 Å². The molecule has 0 radical (unpaired) electrons. The summed E-state index contributed by atoms with van der Waals surface area (Å²) in [6.45, 7) is 0.375. The standard InChI is InChI=1S/C13H18N2O.ClH/c1-15(11-7-8-11)13(16)12(9-14)10-5-3-2-4-6-10;/h2-6,11-12H,7-9,14H2,1H3;1H. The number of nitrogens with zero attached hydrogens (tertiary/aromatic N) is 1. The molecule has 0 bridgehead atoms. The summed E-state index contributed by atoms with van der Waals surface area (Å²) in [5, 5.41) is 0. The van der Waals surface area contributed by atoms with Crippen molar-refractivity contribution >= 4 is 18.3 Å². The highest BCUT2D eigenvalue weighted by atomic mass is 35.5. The zero-order chi connectivity index (χ0) is 11.5. The summed E-state index contributed by atoms with van der Waals surface area (Å²) in [7, 11) is 1.88. The molecule has 1 aliphatic rings. The number of carbonyl (C=O) groups excluding carboxylic acids is 1. The number of halogens is 1. The number of benzene rings is 1. The molecular formula is C13H19ClN2O. The molecule has 1 unspecified atom stereocenters. The van der Waals surface area contributed by atoms with Crippen molar-refractivity contribution in [2.75, 3.05) is 13.6 Å². The Morgan fingerprint density at radius 2 is 2.00 bits per heavy atom. The molecule has 1 amide bonds. The van der Waals surface area contributed by atoms with Crippen molar-refractivity contribution in [1.29, 1.82) is 0 Å². The molecular weight excluding hydrogens is 236 g/mol. The van der Waals surface area contributed by atoms with Crippen molar-refractivity contribution in [3.63, 3.8) is 0 Å². The number of hydrogen-bond acceptors (Lipinski definition) is 2. The smallest absolute Gasteiger partial charge is 0.231 e. The zero-order valence-electron chi connectivity index (χ0n) is 10.0. The van der Waals surface area contributed by atoms with Crippen molar-refractivity contribution in [3.8, 4) is 0 Å². The first-order valence-electron chi connectivity index (χ1n) is 5.75. The molecule has 0 aromatic heterocycles. The van der Waals surface area contributed by atoms with Crippen LogP contribution in [0, 0.1) is 0 Å². The Balaban J connectivity index is 0.00000144. The summed E-state index contributed by atoms with van der Waals surface area (Å²) in [6, 6.07) is 10.2. The van der Waals surface area contributed by atoms with E-state index in [9.17, 15) is 4.79 Å². The van der Waals surface area contributed by atoms with Gasteiger partial charge in [0, 0.05) is 19.6 Å². The highest BCUT2D eigenvalue weighted by Gasteiger charge is 2.33. The molecule has 0 heterocycles. The van der Waals surface area contributed by atoms with E-state index in [1.807, 2.05) is 42.3 Å². The third kappa shape index (κ3) is 3.20. The van der Waals surface area contributed by atoms with E-state index in [4.69, 9.17) is 5.73 Å². The van der Waals surface area contributed by atoms with Gasteiger partial charge in [-0.2, -0.15) is 0 Å². The largest absolute Gasteiger partial charge is 0.342 e. The molecule has 3 nitrogen and oxygen atoms in total. The molecule has 1 atom stereocenters. The average Bonchev–Trinajstić information content (AvgIpc) is 3.14. The topological polar surface area (TPSA) is 46.3 Å². The molecule has 2 rings (SSSR count). The summed E-state index contributed by atoms with van der Waals surface area (Å²) in [5.74, 6) is -0.0389. The van der Waals surface area contributed by atoms with Gasteiger partial charge in [-0.3, -0.25) is 4.79 Å². The van der Waals surface area contributed by atoms with E-state index < -0.39 is 0 Å². The molecule has 1 saturated carbocycles. The maximum Gasteiger partial charge on any atom is 0.231 e. The van der Waals surface area contributed by atoms with E-state index >= 15 is 0 Å². The number of amides is 1. The van der Waals surface area contributed by atoms with Gasteiger partial charge in [-0.25, -0.2) is 0 Å². The van der Waals surface area contributed by atoms with Crippen LogP contribution >= 0.6 is 12.4 Å². The summed E-state index contributed by atoms with van der Waals surface area (Å²) < 4.78 is 0. The minimum absolute atomic E-state index is 0. The van der Waals surface area contributed by atoms with Crippen LogP contribution in [0.2, 0.25) is 0 Å². The monoisotopic (exact) mass is 254 g/mol. The van der Waals surface area contributed by atoms with Crippen LogP contribution in [0.25, 0.3) is 0 Å². The van der Waals surface area contributed by atoms with Crippen LogP contribution in [0.4, 0.5) is 0 Å². The fraction of sp³-hybridized carbons (Fsp3) is 0.462. The lowest BCUT2D eigenvalue weighted by molar-refractivity contribution is -0.131. The number of rotatable bonds is 4. The highest BCUT2D eigenvalue weighted by molar-refractivity contribution is 5.85. The molecule has 1 fully saturated rings. The SMILES string of the molecule is CN(C(=O)C(CN)c1ccccc1)C1CC1.Cl. The van der Waals surface area contributed by atoms with Crippen molar-refractivity contribution in [3.05, 3.63) is 35.9 Å². The molecule has 17 heavy (non-hydrogen) atoms. The van der Waals surface area contributed by atoms with Gasteiger partial charge in [0.25, 0.3) is 0 Å². The second-order valence-corrected chi connectivity index (χ2v) is 4.38. The first kappa shape index (κ1) is 14.0. The average molecular weight is 255 g/mol. The quantitative estimate of drug-likeness (QED) is 0.890. The van der Waals surface area contributed by atoms with E-state index in [0.29, 0.717) is 12.6 Å². The Kier molecular flexibility index (Phi) is 4.97. The van der Waals surface area contributed by atoms with Gasteiger partial charge >= 0.3 is 0 Å². The van der Waals surface area contributed by atoms with Gasteiger partial charge in [0.2, 0.25) is 5.91 Å². The van der Waals surface area contributed by atoms with Gasteiger partial charge in [-0.1, -0.05) is 30.3 Å². The normalized spacial score (nSPS) is 15.9. The number of nitrogens with two attached hydrogens (primary N) is 1. The second-order valence-electron chi connectivity index (χ2n) is 4.38. The van der Waals surface area contributed by atoms with E-state index in [0.717, 1.165) is 18.4 Å². The van der Waals surface area contributed by atoms with E-state index in [2.05, 4.69) is 0 Å². The Labute approximate surface area is 108 Å². The van der Waals surface area contributed by atoms with Gasteiger partial charge in [0.15, 0.2) is 0 Å². The molecule has 0 aliphatic heterocycles. The molecule has 0 saturated heterocycles. The Hall–Kier alpha value is -1.06. The lowest BCUT2D eigenvalue weighted by Crippen LogP contribution is -2.36. The molecule has 4 heteroatoms. The lowest BCUT2D eigenvalue weighted by Gasteiger charge is -2.22. The molecule has 1 aromatic carbocycles. The maximum absolute atomic E-state index is 12.2. The van der Waals surface area contributed by atoms with E-state index in [1.54, 1.807) is 0 Å². The molecule has 1 aliphatic carbocycles. The molecule has 0 spiro atoms. The Morgan fingerprint density at radius 3 is 2.47 bits per heavy atom. The van der Waals surface area contributed by atoms with Gasteiger partial charge in [-0.15, -0.1) is 12.4 Å². The van der Waals surface area contributed by atoms with Gasteiger partial charge in [-0.05, 0) is 18.4 Å². The van der Waals surface area contributed by atoms with Crippen molar-refractivity contribution < 1.29 is 4.79 Å². The van der Waals surface area contributed by atoms with Crippen LogP contribution in [0.15, 0.2) is 30.3 Å². The zero-order valence-corrected chi connectivity index (χ0v) is 10.8. The lowest BCUT2D eigenvalue weighted by atomic mass is 9.98. The van der Waals surface area contributed by atoms with Crippen LogP contribution in [0.3, 0.4) is 0 Å². The predicted octanol–water partition coefficient (Wildman–Crippen LogP) is 1.77. The van der Waals surface area contributed by atoms with Gasteiger partial charge in [0.05, 0.1) is 5.92 Å². The van der Waals surface area contributed by atoms with E-state index in [1.165, 1.54) is 0 Å².